The smallest absolute Gasteiger partial charge is 0.225 e. The Hall–Kier alpha value is -1.75. The molecule has 0 saturated carbocycles. The summed E-state index contributed by atoms with van der Waals surface area (Å²) >= 11 is 0. The van der Waals surface area contributed by atoms with Crippen LogP contribution < -0.4 is 15.8 Å². The molecule has 1 fully saturated rings. The maximum atomic E-state index is 12.1. The lowest BCUT2D eigenvalue weighted by Gasteiger charge is -2.29. The van der Waals surface area contributed by atoms with Gasteiger partial charge in [-0.15, -0.1) is 0 Å². The Morgan fingerprint density at radius 2 is 2.14 bits per heavy atom. The second-order valence-corrected chi connectivity index (χ2v) is 5.78. The van der Waals surface area contributed by atoms with Gasteiger partial charge in [-0.05, 0) is 50.0 Å². The van der Waals surface area contributed by atoms with E-state index in [0.29, 0.717) is 23.5 Å². The van der Waals surface area contributed by atoms with Gasteiger partial charge in [-0.1, -0.05) is 6.92 Å². The van der Waals surface area contributed by atoms with Crippen molar-refractivity contribution in [1.82, 2.24) is 4.90 Å². The number of hydrogen-bond donors (Lipinski definition) is 2. The Balaban J connectivity index is 1.83. The summed E-state index contributed by atoms with van der Waals surface area (Å²) in [7, 11) is 1.58. The molecule has 5 nitrogen and oxygen atoms in total. The van der Waals surface area contributed by atoms with Crippen molar-refractivity contribution >= 4 is 17.3 Å². The van der Waals surface area contributed by atoms with Crippen LogP contribution in [-0.4, -0.2) is 37.6 Å². The molecule has 0 radical (unpaired) electrons. The van der Waals surface area contributed by atoms with Crippen molar-refractivity contribution < 1.29 is 9.53 Å². The number of nitrogens with two attached hydrogens (primary N) is 1. The Bertz CT molecular complexity index is 482. The molecule has 0 unspecified atom stereocenters. The van der Waals surface area contributed by atoms with Crippen molar-refractivity contribution in [2.75, 3.05) is 37.8 Å². The number of rotatable bonds is 5. The van der Waals surface area contributed by atoms with Gasteiger partial charge in [0.15, 0.2) is 0 Å². The van der Waals surface area contributed by atoms with Crippen LogP contribution >= 0.6 is 0 Å². The molecular weight excluding hydrogens is 266 g/mol. The van der Waals surface area contributed by atoms with E-state index < -0.39 is 0 Å². The number of methoxy groups -OCH3 is 1. The van der Waals surface area contributed by atoms with Gasteiger partial charge in [0.25, 0.3) is 0 Å². The zero-order chi connectivity index (χ0) is 15.2. The van der Waals surface area contributed by atoms with Crippen LogP contribution in [0.3, 0.4) is 0 Å². The van der Waals surface area contributed by atoms with Crippen LogP contribution in [0.5, 0.6) is 5.75 Å². The molecule has 1 heterocycles. The fourth-order valence-corrected chi connectivity index (χ4v) is 2.58. The van der Waals surface area contributed by atoms with Crippen molar-refractivity contribution in [2.24, 2.45) is 5.92 Å². The Labute approximate surface area is 126 Å². The van der Waals surface area contributed by atoms with Gasteiger partial charge in [0, 0.05) is 18.7 Å². The highest BCUT2D eigenvalue weighted by Gasteiger charge is 2.16. The van der Waals surface area contributed by atoms with Crippen LogP contribution in [0.25, 0.3) is 0 Å². The number of benzene rings is 1. The number of nitrogens with zero attached hydrogens (tertiary/aromatic N) is 1. The molecular formula is C16H25N3O2. The van der Waals surface area contributed by atoms with E-state index in [1.54, 1.807) is 25.3 Å². The highest BCUT2D eigenvalue weighted by Crippen LogP contribution is 2.26. The third-order valence-corrected chi connectivity index (χ3v) is 4.03. The first-order chi connectivity index (χ1) is 10.1. The highest BCUT2D eigenvalue weighted by atomic mass is 16.5. The number of piperidine rings is 1. The van der Waals surface area contributed by atoms with E-state index in [1.165, 1.54) is 12.8 Å². The van der Waals surface area contributed by atoms with Crippen molar-refractivity contribution in [3.05, 3.63) is 18.2 Å². The van der Waals surface area contributed by atoms with Crippen molar-refractivity contribution in [3.63, 3.8) is 0 Å². The number of ether oxygens (including phenoxy) is 1. The zero-order valence-corrected chi connectivity index (χ0v) is 12.9. The molecule has 1 amide bonds. The number of hydrogen-bond acceptors (Lipinski definition) is 4. The number of nitrogens with one attached hydrogen (secondary N) is 1. The predicted octanol–water partition coefficient (Wildman–Crippen LogP) is 2.34. The standard InChI is InChI=1S/C16H25N3O2/c1-12-5-8-19(9-6-12)10-7-16(20)18-14-11-13(17)3-4-15(14)21-2/h3-4,11-12H,5-10,17H2,1-2H3,(H,18,20). The number of carbonyl (C=O) groups is 1. The van der Waals surface area contributed by atoms with Gasteiger partial charge < -0.3 is 20.7 Å². The van der Waals surface area contributed by atoms with Crippen LogP contribution in [0.15, 0.2) is 18.2 Å². The van der Waals surface area contributed by atoms with E-state index in [2.05, 4.69) is 17.1 Å². The lowest BCUT2D eigenvalue weighted by molar-refractivity contribution is -0.116. The molecule has 0 bridgehead atoms. The molecule has 21 heavy (non-hydrogen) atoms. The second-order valence-electron chi connectivity index (χ2n) is 5.78. The molecule has 1 aliphatic rings. The average Bonchev–Trinajstić information content (AvgIpc) is 2.47. The van der Waals surface area contributed by atoms with Gasteiger partial charge in [0.05, 0.1) is 12.8 Å². The summed E-state index contributed by atoms with van der Waals surface area (Å²) in [6.45, 7) is 5.28. The molecule has 0 aromatic heterocycles. The highest BCUT2D eigenvalue weighted by molar-refractivity contribution is 5.93. The van der Waals surface area contributed by atoms with E-state index in [0.717, 1.165) is 25.6 Å². The third-order valence-electron chi connectivity index (χ3n) is 4.03. The molecule has 0 atom stereocenters. The molecule has 1 aromatic rings. The Morgan fingerprint density at radius 1 is 1.43 bits per heavy atom. The fourth-order valence-electron chi connectivity index (χ4n) is 2.58. The summed E-state index contributed by atoms with van der Waals surface area (Å²) in [4.78, 5) is 14.4. The predicted molar refractivity (Wildman–Crippen MR) is 85.5 cm³/mol. The summed E-state index contributed by atoms with van der Waals surface area (Å²) in [6.07, 6.45) is 2.95. The van der Waals surface area contributed by atoms with Crippen molar-refractivity contribution in [2.45, 2.75) is 26.2 Å². The lowest BCUT2D eigenvalue weighted by Crippen LogP contribution is -2.35. The van der Waals surface area contributed by atoms with Crippen molar-refractivity contribution in [3.8, 4) is 5.75 Å². The van der Waals surface area contributed by atoms with E-state index in [1.807, 2.05) is 0 Å². The molecule has 0 aliphatic carbocycles. The van der Waals surface area contributed by atoms with E-state index >= 15 is 0 Å². The number of likely N-dealkylation sites (tertiary alicyclic amines) is 1. The van der Waals surface area contributed by atoms with Crippen LogP contribution in [0.1, 0.15) is 26.2 Å². The molecule has 3 N–H and O–H groups in total. The molecule has 5 heteroatoms. The maximum absolute atomic E-state index is 12.1. The van der Waals surface area contributed by atoms with Gasteiger partial charge in [-0.2, -0.15) is 0 Å². The van der Waals surface area contributed by atoms with E-state index in [-0.39, 0.29) is 5.91 Å². The number of amides is 1. The SMILES string of the molecule is COc1ccc(N)cc1NC(=O)CCN1CCC(C)CC1. The summed E-state index contributed by atoms with van der Waals surface area (Å²) in [5, 5.41) is 2.88. The lowest BCUT2D eigenvalue weighted by atomic mass is 9.99. The summed E-state index contributed by atoms with van der Waals surface area (Å²) < 4.78 is 5.23. The van der Waals surface area contributed by atoms with Crippen LogP contribution in [0, 0.1) is 5.92 Å². The summed E-state index contributed by atoms with van der Waals surface area (Å²) in [5.74, 6) is 1.44. The zero-order valence-electron chi connectivity index (χ0n) is 12.9. The fraction of sp³-hybridized carbons (Fsp3) is 0.562. The first-order valence-electron chi connectivity index (χ1n) is 7.54. The Morgan fingerprint density at radius 3 is 2.81 bits per heavy atom. The number of carbonyl (C=O) groups excluding carboxylic acids is 1. The number of anilines is 2. The first kappa shape index (κ1) is 15.6. The molecule has 1 aromatic carbocycles. The van der Waals surface area contributed by atoms with Crippen molar-refractivity contribution in [1.29, 1.82) is 0 Å². The Kier molecular flexibility index (Phi) is 5.44. The summed E-state index contributed by atoms with van der Waals surface area (Å²) in [5.41, 5.74) is 6.99. The largest absolute Gasteiger partial charge is 0.495 e. The van der Waals surface area contributed by atoms with Crippen LogP contribution in [-0.2, 0) is 4.79 Å². The van der Waals surface area contributed by atoms with Gasteiger partial charge in [-0.3, -0.25) is 4.79 Å². The normalized spacial score (nSPS) is 16.7. The monoisotopic (exact) mass is 291 g/mol. The van der Waals surface area contributed by atoms with Crippen LogP contribution in [0.2, 0.25) is 0 Å². The molecule has 1 aliphatic heterocycles. The quantitative estimate of drug-likeness (QED) is 0.817. The molecule has 2 rings (SSSR count). The van der Waals surface area contributed by atoms with Gasteiger partial charge >= 0.3 is 0 Å². The molecule has 0 spiro atoms. The minimum absolute atomic E-state index is 0.00229. The maximum Gasteiger partial charge on any atom is 0.225 e. The number of nitrogen functional groups attached to an aromatic ring is 1. The topological polar surface area (TPSA) is 67.6 Å². The molecule has 1 saturated heterocycles. The van der Waals surface area contributed by atoms with Gasteiger partial charge in [0.1, 0.15) is 5.75 Å². The minimum atomic E-state index is -0.00229. The molecule has 116 valence electrons. The van der Waals surface area contributed by atoms with E-state index in [4.69, 9.17) is 10.5 Å². The summed E-state index contributed by atoms with van der Waals surface area (Å²) in [6, 6.07) is 5.24. The minimum Gasteiger partial charge on any atom is -0.495 e. The van der Waals surface area contributed by atoms with Crippen LogP contribution in [0.4, 0.5) is 11.4 Å². The first-order valence-corrected chi connectivity index (χ1v) is 7.54. The third kappa shape index (κ3) is 4.63. The van der Waals surface area contributed by atoms with E-state index in [9.17, 15) is 4.79 Å². The average molecular weight is 291 g/mol. The van der Waals surface area contributed by atoms with Gasteiger partial charge in [-0.25, -0.2) is 0 Å². The second kappa shape index (κ2) is 7.31. The van der Waals surface area contributed by atoms with Gasteiger partial charge in [0.2, 0.25) is 5.91 Å².